The van der Waals surface area contributed by atoms with E-state index in [0.717, 1.165) is 5.56 Å². The van der Waals surface area contributed by atoms with Crippen molar-refractivity contribution in [1.29, 1.82) is 0 Å². The van der Waals surface area contributed by atoms with Crippen molar-refractivity contribution < 1.29 is 18.7 Å². The summed E-state index contributed by atoms with van der Waals surface area (Å²) in [4.78, 5) is 28.9. The van der Waals surface area contributed by atoms with Crippen LogP contribution in [0.25, 0.3) is 22.3 Å². The van der Waals surface area contributed by atoms with Gasteiger partial charge in [0.25, 0.3) is 0 Å². The summed E-state index contributed by atoms with van der Waals surface area (Å²) >= 11 is 0. The second-order valence-electron chi connectivity index (χ2n) is 10.0. The van der Waals surface area contributed by atoms with Crippen molar-refractivity contribution in [2.24, 2.45) is 0 Å². The predicted molar refractivity (Wildman–Crippen MR) is 147 cm³/mol. The van der Waals surface area contributed by atoms with Crippen LogP contribution >= 0.6 is 0 Å². The zero-order valence-corrected chi connectivity index (χ0v) is 22.5. The number of allylic oxidation sites excluding steroid dienone is 3. The third-order valence-electron chi connectivity index (χ3n) is 5.80. The fraction of sp³-hybridized carbons (Fsp3) is 0.207. The number of carbonyl (C=O) groups is 1. The number of hydrogen-bond acceptors (Lipinski definition) is 8. The van der Waals surface area contributed by atoms with E-state index in [2.05, 4.69) is 36.7 Å². The molecule has 1 aliphatic carbocycles. The number of fused-ring (bicyclic) bond motifs is 1. The van der Waals surface area contributed by atoms with Crippen LogP contribution in [0.4, 0.5) is 15.0 Å². The van der Waals surface area contributed by atoms with Gasteiger partial charge in [-0.25, -0.2) is 29.1 Å². The van der Waals surface area contributed by atoms with E-state index < -0.39 is 17.5 Å². The molecule has 1 aromatic carbocycles. The molecule has 0 aliphatic heterocycles. The fourth-order valence-electron chi connectivity index (χ4n) is 4.15. The van der Waals surface area contributed by atoms with Crippen molar-refractivity contribution in [3.05, 3.63) is 88.9 Å². The number of alkyl carbamates (subject to hydrolysis) is 1. The molecule has 0 bridgehead atoms. The van der Waals surface area contributed by atoms with Gasteiger partial charge in [-0.3, -0.25) is 5.32 Å². The van der Waals surface area contributed by atoms with Crippen LogP contribution in [0, 0.1) is 19.7 Å². The number of halogens is 1. The van der Waals surface area contributed by atoms with E-state index >= 15 is 4.39 Å². The number of benzene rings is 1. The number of aromatic nitrogens is 5. The predicted octanol–water partition coefficient (Wildman–Crippen LogP) is 5.46. The molecule has 11 heteroatoms. The van der Waals surface area contributed by atoms with Gasteiger partial charge in [0.2, 0.25) is 0 Å². The molecule has 3 N–H and O–H groups in total. The van der Waals surface area contributed by atoms with E-state index in [1.807, 2.05) is 6.92 Å². The normalized spacial score (nSPS) is 12.8. The smallest absolute Gasteiger partial charge is 0.412 e. The minimum atomic E-state index is -0.643. The Hall–Kier alpha value is -5.24. The van der Waals surface area contributed by atoms with Crippen LogP contribution in [0.1, 0.15) is 37.7 Å². The third-order valence-corrected chi connectivity index (χ3v) is 5.80. The van der Waals surface area contributed by atoms with E-state index in [0.29, 0.717) is 39.4 Å². The lowest BCUT2D eigenvalue weighted by atomic mass is 10.1. The molecule has 0 saturated carbocycles. The molecular weight excluding hydrogens is 513 g/mol. The maximum atomic E-state index is 15.3. The lowest BCUT2D eigenvalue weighted by Gasteiger charge is -2.19. The van der Waals surface area contributed by atoms with Crippen LogP contribution in [0.2, 0.25) is 0 Å². The van der Waals surface area contributed by atoms with E-state index in [4.69, 9.17) is 15.2 Å². The molecule has 5 rings (SSSR count). The van der Waals surface area contributed by atoms with E-state index in [9.17, 15) is 4.79 Å². The molecule has 0 spiro atoms. The first-order valence-corrected chi connectivity index (χ1v) is 12.3. The van der Waals surface area contributed by atoms with Crippen LogP contribution < -0.4 is 15.8 Å². The first-order chi connectivity index (χ1) is 19.0. The average Bonchev–Trinajstić information content (AvgIpc) is 3.18. The number of nitrogens with one attached hydrogen (secondary N) is 1. The van der Waals surface area contributed by atoms with Gasteiger partial charge in [-0.2, -0.15) is 0 Å². The number of carbonyl (C=O) groups excluding carboxylic acids is 1. The van der Waals surface area contributed by atoms with Crippen molar-refractivity contribution in [2.45, 2.75) is 40.2 Å². The van der Waals surface area contributed by atoms with Crippen molar-refractivity contribution in [2.75, 3.05) is 5.73 Å². The van der Waals surface area contributed by atoms with Crippen molar-refractivity contribution >= 4 is 28.5 Å². The lowest BCUT2D eigenvalue weighted by Crippen LogP contribution is -2.31. The summed E-state index contributed by atoms with van der Waals surface area (Å²) in [6.07, 6.45) is 5.74. The second kappa shape index (κ2) is 10.1. The van der Waals surface area contributed by atoms with Gasteiger partial charge >= 0.3 is 12.1 Å². The number of nitrogens with two attached hydrogens (primary N) is 1. The maximum absolute atomic E-state index is 15.3. The molecule has 4 aromatic rings. The van der Waals surface area contributed by atoms with Gasteiger partial charge in [0.1, 0.15) is 17.4 Å². The molecule has 0 unspecified atom stereocenters. The molecule has 0 fully saturated rings. The fourth-order valence-corrected chi connectivity index (χ4v) is 4.15. The summed E-state index contributed by atoms with van der Waals surface area (Å²) in [7, 11) is 0. The maximum Gasteiger partial charge on any atom is 0.412 e. The molecule has 10 nitrogen and oxygen atoms in total. The Kier molecular flexibility index (Phi) is 6.69. The summed E-state index contributed by atoms with van der Waals surface area (Å²) in [5.74, 6) is -0.442. The largest absolute Gasteiger partial charge is 0.444 e. The molecular formula is C29H26FN7O3. The molecule has 3 heterocycles. The summed E-state index contributed by atoms with van der Waals surface area (Å²) in [6.45, 7) is 9.00. The highest BCUT2D eigenvalue weighted by Crippen LogP contribution is 2.36. The van der Waals surface area contributed by atoms with Crippen molar-refractivity contribution in [3.63, 3.8) is 0 Å². The van der Waals surface area contributed by atoms with Gasteiger partial charge in [0.05, 0.1) is 16.9 Å². The number of ether oxygens (including phenoxy) is 2. The summed E-state index contributed by atoms with van der Waals surface area (Å²) in [6, 6.07) is 6.25. The molecule has 1 amide bonds. The van der Waals surface area contributed by atoms with Gasteiger partial charge < -0.3 is 19.8 Å². The SMILES string of the molecule is Cc1ccnc(Oc2ccc(-n3c(C4=C=C=C(NC(=O)OC(C)(C)C)C=C4)c(C)c4ncnc(N)c43)cc2F)n1. The minimum Gasteiger partial charge on any atom is -0.444 e. The van der Waals surface area contributed by atoms with Crippen LogP contribution in [0.5, 0.6) is 11.8 Å². The number of nitrogens with zero attached hydrogens (tertiary/aromatic N) is 5. The van der Waals surface area contributed by atoms with E-state index in [1.54, 1.807) is 56.5 Å². The van der Waals surface area contributed by atoms with E-state index in [1.165, 1.54) is 24.7 Å². The molecule has 0 radical (unpaired) electrons. The van der Waals surface area contributed by atoms with Crippen LogP contribution in [0.15, 0.2) is 66.1 Å². The standard InChI is InChI=1S/C29H26FN7O3/c1-16-12-13-32-27(35-16)39-22-11-10-20(14-21(22)30)37-24(17(2)23-25(37)26(31)34-15-33-23)18-6-8-19(9-7-18)36-28(38)40-29(3,4)5/h6,8,10-15H,1-5H3,(H,36,38)(H2,31,33,34). The Bertz CT molecular complexity index is 1800. The number of anilines is 1. The summed E-state index contributed by atoms with van der Waals surface area (Å²) in [5.41, 5.74) is 16.3. The topological polar surface area (TPSA) is 130 Å². The van der Waals surface area contributed by atoms with Crippen molar-refractivity contribution in [3.8, 4) is 17.4 Å². The van der Waals surface area contributed by atoms with Gasteiger partial charge in [-0.05, 0) is 70.7 Å². The zero-order valence-electron chi connectivity index (χ0n) is 22.5. The number of rotatable bonds is 5. The number of aryl methyl sites for hydroxylation is 2. The average molecular weight is 540 g/mol. The van der Waals surface area contributed by atoms with Crippen LogP contribution in [-0.2, 0) is 4.74 Å². The summed E-state index contributed by atoms with van der Waals surface area (Å²) in [5, 5.41) is 2.64. The monoisotopic (exact) mass is 539 g/mol. The minimum absolute atomic E-state index is 0.0363. The highest BCUT2D eigenvalue weighted by molar-refractivity contribution is 5.96. The molecule has 0 atom stereocenters. The molecule has 0 saturated heterocycles. The highest BCUT2D eigenvalue weighted by atomic mass is 19.1. The quantitative estimate of drug-likeness (QED) is 0.320. The molecule has 40 heavy (non-hydrogen) atoms. The lowest BCUT2D eigenvalue weighted by molar-refractivity contribution is 0.0548. The number of hydrogen-bond donors (Lipinski definition) is 2. The Balaban J connectivity index is 1.60. The van der Waals surface area contributed by atoms with Crippen molar-refractivity contribution in [1.82, 2.24) is 29.8 Å². The highest BCUT2D eigenvalue weighted by Gasteiger charge is 2.23. The van der Waals surface area contributed by atoms with Gasteiger partial charge in [-0.15, -0.1) is 0 Å². The Morgan fingerprint density at radius 3 is 2.58 bits per heavy atom. The summed E-state index contributed by atoms with van der Waals surface area (Å²) < 4.78 is 28.0. The molecule has 202 valence electrons. The Morgan fingerprint density at radius 1 is 1.10 bits per heavy atom. The van der Waals surface area contributed by atoms with E-state index in [-0.39, 0.29) is 17.6 Å². The Morgan fingerprint density at radius 2 is 1.90 bits per heavy atom. The van der Waals surface area contributed by atoms with Crippen LogP contribution in [0.3, 0.4) is 0 Å². The first kappa shape index (κ1) is 26.4. The molecule has 1 aliphatic rings. The molecule has 3 aromatic heterocycles. The van der Waals surface area contributed by atoms with Gasteiger partial charge in [-0.1, -0.05) is 5.73 Å². The van der Waals surface area contributed by atoms with Gasteiger partial charge in [0.15, 0.2) is 17.4 Å². The number of nitrogen functional groups attached to an aromatic ring is 1. The number of amides is 1. The second-order valence-corrected chi connectivity index (χ2v) is 10.0. The third kappa shape index (κ3) is 5.33. The van der Waals surface area contributed by atoms with Crippen LogP contribution in [-0.4, -0.2) is 36.2 Å². The zero-order chi connectivity index (χ0) is 28.6. The Labute approximate surface area is 229 Å². The first-order valence-electron chi connectivity index (χ1n) is 12.3. The van der Waals surface area contributed by atoms with Gasteiger partial charge in [0, 0.05) is 34.8 Å².